The Labute approximate surface area is 78.5 Å². The lowest BCUT2D eigenvalue weighted by molar-refractivity contribution is 0.542. The van der Waals surface area contributed by atoms with Crippen LogP contribution in [-0.4, -0.2) is 41.4 Å². The van der Waals surface area contributed by atoms with Crippen LogP contribution >= 0.6 is 0 Å². The minimum atomic E-state index is 0.888. The van der Waals surface area contributed by atoms with Crippen molar-refractivity contribution in [2.75, 3.05) is 26.7 Å². The van der Waals surface area contributed by atoms with Crippen LogP contribution in [0.4, 0.5) is 0 Å². The first-order valence-electron chi connectivity index (χ1n) is 4.61. The maximum absolute atomic E-state index is 4.00. The van der Waals surface area contributed by atoms with Crippen molar-refractivity contribution in [1.82, 2.24) is 25.4 Å². The Kier molecular flexibility index (Phi) is 5.12. The Hall–Kier alpha value is -0.940. The topological polar surface area (TPSA) is 54.8 Å². The van der Waals surface area contributed by atoms with E-state index in [0.29, 0.717) is 0 Å². The van der Waals surface area contributed by atoms with Gasteiger partial charge in [-0.15, -0.1) is 0 Å². The van der Waals surface area contributed by atoms with Crippen molar-refractivity contribution in [3.63, 3.8) is 0 Å². The van der Waals surface area contributed by atoms with E-state index in [1.807, 2.05) is 11.7 Å². The molecule has 1 heterocycles. The van der Waals surface area contributed by atoms with E-state index in [-0.39, 0.29) is 0 Å². The molecule has 0 aromatic carbocycles. The fourth-order valence-electron chi connectivity index (χ4n) is 1.06. The summed E-state index contributed by atoms with van der Waals surface area (Å²) in [5.41, 5.74) is 0. The molecular weight excluding hydrogens is 166 g/mol. The molecule has 0 saturated carbocycles. The van der Waals surface area contributed by atoms with Crippen LogP contribution in [0.2, 0.25) is 0 Å². The molecule has 0 aliphatic heterocycles. The van der Waals surface area contributed by atoms with Crippen LogP contribution in [0.5, 0.6) is 0 Å². The molecule has 5 nitrogen and oxygen atoms in total. The maximum atomic E-state index is 4.00. The molecule has 0 aliphatic rings. The molecule has 5 heteroatoms. The molecule has 0 radical (unpaired) electrons. The van der Waals surface area contributed by atoms with Crippen LogP contribution in [0.25, 0.3) is 0 Å². The standard InChI is InChI=1S/C8H17N5/c1-9-3-2-4-10-5-6-13-8-11-7-12-13/h7-10H,2-6H2,1H3. The van der Waals surface area contributed by atoms with Gasteiger partial charge in [-0.25, -0.2) is 4.98 Å². The van der Waals surface area contributed by atoms with Crippen molar-refractivity contribution < 1.29 is 0 Å². The summed E-state index contributed by atoms with van der Waals surface area (Å²) in [5, 5.41) is 10.4. The largest absolute Gasteiger partial charge is 0.320 e. The quantitative estimate of drug-likeness (QED) is 0.558. The predicted octanol–water partition coefficient (Wildman–Crippen LogP) is -0.523. The van der Waals surface area contributed by atoms with Gasteiger partial charge in [-0.1, -0.05) is 0 Å². The molecule has 1 rings (SSSR count). The van der Waals surface area contributed by atoms with Gasteiger partial charge in [0.15, 0.2) is 0 Å². The van der Waals surface area contributed by atoms with Gasteiger partial charge in [-0.3, -0.25) is 4.68 Å². The van der Waals surface area contributed by atoms with Crippen LogP contribution in [0.1, 0.15) is 6.42 Å². The summed E-state index contributed by atoms with van der Waals surface area (Å²) in [7, 11) is 1.97. The summed E-state index contributed by atoms with van der Waals surface area (Å²) in [6, 6.07) is 0. The molecule has 13 heavy (non-hydrogen) atoms. The number of hydrogen-bond acceptors (Lipinski definition) is 4. The lowest BCUT2D eigenvalue weighted by Gasteiger charge is -2.03. The molecule has 1 aromatic rings. The Morgan fingerprint density at radius 1 is 1.31 bits per heavy atom. The molecule has 0 amide bonds. The van der Waals surface area contributed by atoms with Crippen LogP contribution in [0.3, 0.4) is 0 Å². The van der Waals surface area contributed by atoms with Gasteiger partial charge in [-0.2, -0.15) is 5.10 Å². The number of rotatable bonds is 7. The van der Waals surface area contributed by atoms with Crippen molar-refractivity contribution in [2.45, 2.75) is 13.0 Å². The van der Waals surface area contributed by atoms with E-state index in [0.717, 1.165) is 32.6 Å². The fourth-order valence-corrected chi connectivity index (χ4v) is 1.06. The van der Waals surface area contributed by atoms with E-state index in [1.54, 1.807) is 12.7 Å². The predicted molar refractivity (Wildman–Crippen MR) is 51.4 cm³/mol. The van der Waals surface area contributed by atoms with Crippen LogP contribution in [-0.2, 0) is 6.54 Å². The zero-order chi connectivity index (χ0) is 9.36. The van der Waals surface area contributed by atoms with Gasteiger partial charge in [0, 0.05) is 6.54 Å². The van der Waals surface area contributed by atoms with E-state index < -0.39 is 0 Å². The number of aromatic nitrogens is 3. The number of nitrogens with one attached hydrogen (secondary N) is 2. The van der Waals surface area contributed by atoms with Crippen LogP contribution in [0.15, 0.2) is 12.7 Å². The summed E-state index contributed by atoms with van der Waals surface area (Å²) in [6.07, 6.45) is 4.45. The Balaban J connectivity index is 1.90. The molecule has 0 aliphatic carbocycles. The second-order valence-electron chi connectivity index (χ2n) is 2.87. The third kappa shape index (κ3) is 4.59. The average Bonchev–Trinajstić information content (AvgIpc) is 2.63. The molecule has 0 atom stereocenters. The third-order valence-electron chi connectivity index (χ3n) is 1.76. The highest BCUT2D eigenvalue weighted by atomic mass is 15.3. The van der Waals surface area contributed by atoms with Crippen LogP contribution in [0, 0.1) is 0 Å². The van der Waals surface area contributed by atoms with Gasteiger partial charge >= 0.3 is 0 Å². The van der Waals surface area contributed by atoms with Crippen molar-refractivity contribution in [3.05, 3.63) is 12.7 Å². The summed E-state index contributed by atoms with van der Waals surface area (Å²) in [6.45, 7) is 3.96. The second kappa shape index (κ2) is 6.56. The minimum Gasteiger partial charge on any atom is -0.320 e. The summed E-state index contributed by atoms with van der Waals surface area (Å²) >= 11 is 0. The Morgan fingerprint density at radius 3 is 2.92 bits per heavy atom. The van der Waals surface area contributed by atoms with E-state index in [4.69, 9.17) is 0 Å². The first-order chi connectivity index (χ1) is 6.43. The van der Waals surface area contributed by atoms with Crippen molar-refractivity contribution in [2.24, 2.45) is 0 Å². The van der Waals surface area contributed by atoms with E-state index in [9.17, 15) is 0 Å². The highest BCUT2D eigenvalue weighted by Crippen LogP contribution is 1.78. The molecule has 0 fully saturated rings. The molecule has 74 valence electrons. The minimum absolute atomic E-state index is 0.888. The summed E-state index contributed by atoms with van der Waals surface area (Å²) < 4.78 is 1.82. The van der Waals surface area contributed by atoms with Gasteiger partial charge in [0.1, 0.15) is 12.7 Å². The van der Waals surface area contributed by atoms with Crippen molar-refractivity contribution in [1.29, 1.82) is 0 Å². The highest BCUT2D eigenvalue weighted by Gasteiger charge is 1.90. The first kappa shape index (κ1) is 10.1. The average molecular weight is 183 g/mol. The van der Waals surface area contributed by atoms with Crippen molar-refractivity contribution >= 4 is 0 Å². The number of hydrogen-bond donors (Lipinski definition) is 2. The lowest BCUT2D eigenvalue weighted by Crippen LogP contribution is -2.23. The summed E-state index contributed by atoms with van der Waals surface area (Å²) in [5.74, 6) is 0. The van der Waals surface area contributed by atoms with E-state index >= 15 is 0 Å². The Bertz CT molecular complexity index is 196. The SMILES string of the molecule is CNCCCNCCn1cncn1. The zero-order valence-corrected chi connectivity index (χ0v) is 8.03. The fraction of sp³-hybridized carbons (Fsp3) is 0.750. The smallest absolute Gasteiger partial charge is 0.137 e. The third-order valence-corrected chi connectivity index (χ3v) is 1.76. The van der Waals surface area contributed by atoms with Gasteiger partial charge in [0.05, 0.1) is 6.54 Å². The van der Waals surface area contributed by atoms with Gasteiger partial charge in [-0.05, 0) is 26.6 Å². The monoisotopic (exact) mass is 183 g/mol. The Morgan fingerprint density at radius 2 is 2.23 bits per heavy atom. The highest BCUT2D eigenvalue weighted by molar-refractivity contribution is 4.57. The molecular formula is C8H17N5. The van der Waals surface area contributed by atoms with Gasteiger partial charge < -0.3 is 10.6 Å². The van der Waals surface area contributed by atoms with E-state index in [1.165, 1.54) is 0 Å². The normalized spacial score (nSPS) is 10.5. The molecule has 0 saturated heterocycles. The second-order valence-corrected chi connectivity index (χ2v) is 2.87. The lowest BCUT2D eigenvalue weighted by atomic mass is 10.4. The molecule has 0 bridgehead atoms. The number of nitrogens with zero attached hydrogens (tertiary/aromatic N) is 3. The zero-order valence-electron chi connectivity index (χ0n) is 8.03. The van der Waals surface area contributed by atoms with E-state index in [2.05, 4.69) is 20.7 Å². The van der Waals surface area contributed by atoms with Gasteiger partial charge in [0.2, 0.25) is 0 Å². The van der Waals surface area contributed by atoms with Gasteiger partial charge in [0.25, 0.3) is 0 Å². The molecule has 2 N–H and O–H groups in total. The molecule has 0 unspecified atom stereocenters. The maximum Gasteiger partial charge on any atom is 0.137 e. The first-order valence-corrected chi connectivity index (χ1v) is 4.61. The molecule has 0 spiro atoms. The summed E-state index contributed by atoms with van der Waals surface area (Å²) in [4.78, 5) is 3.86. The molecule has 1 aromatic heterocycles. The van der Waals surface area contributed by atoms with Crippen molar-refractivity contribution in [3.8, 4) is 0 Å². The van der Waals surface area contributed by atoms with Crippen LogP contribution < -0.4 is 10.6 Å².